The Morgan fingerprint density at radius 2 is 1.85 bits per heavy atom. The quantitative estimate of drug-likeness (QED) is 0.817. The standard InChI is InChI=1S/C13H16N4O2S/c1-17(9-10-5-7-16-8-6-10)11-3-2-4-12(13(11)14)20(15,18)19/h2-8H,9,14H2,1H3,(H2,15,18,19). The molecule has 0 aliphatic rings. The van der Waals surface area contributed by atoms with E-state index in [0.29, 0.717) is 12.2 Å². The zero-order valence-corrected chi connectivity index (χ0v) is 11.8. The Morgan fingerprint density at radius 1 is 1.20 bits per heavy atom. The van der Waals surface area contributed by atoms with Crippen molar-refractivity contribution >= 4 is 21.4 Å². The number of benzene rings is 1. The number of anilines is 2. The van der Waals surface area contributed by atoms with Gasteiger partial charge in [-0.3, -0.25) is 4.98 Å². The van der Waals surface area contributed by atoms with Crippen LogP contribution >= 0.6 is 0 Å². The highest BCUT2D eigenvalue weighted by Gasteiger charge is 2.16. The van der Waals surface area contributed by atoms with E-state index in [1.807, 2.05) is 24.1 Å². The normalized spacial score (nSPS) is 11.3. The number of sulfonamides is 1. The van der Waals surface area contributed by atoms with Crippen molar-refractivity contribution in [1.82, 2.24) is 4.98 Å². The van der Waals surface area contributed by atoms with Crippen molar-refractivity contribution in [3.8, 4) is 0 Å². The number of aromatic nitrogens is 1. The second-order valence-electron chi connectivity index (χ2n) is 4.45. The summed E-state index contributed by atoms with van der Waals surface area (Å²) >= 11 is 0. The van der Waals surface area contributed by atoms with E-state index in [1.54, 1.807) is 24.5 Å². The topological polar surface area (TPSA) is 102 Å². The van der Waals surface area contributed by atoms with Gasteiger partial charge in [-0.05, 0) is 29.8 Å². The van der Waals surface area contributed by atoms with Crippen LogP contribution < -0.4 is 15.8 Å². The molecule has 0 spiro atoms. The molecule has 2 aromatic rings. The Hall–Kier alpha value is -2.12. The summed E-state index contributed by atoms with van der Waals surface area (Å²) in [6.45, 7) is 0.584. The molecule has 20 heavy (non-hydrogen) atoms. The van der Waals surface area contributed by atoms with Gasteiger partial charge in [0.05, 0.1) is 11.4 Å². The van der Waals surface area contributed by atoms with Crippen molar-refractivity contribution in [2.75, 3.05) is 17.7 Å². The van der Waals surface area contributed by atoms with Gasteiger partial charge in [-0.15, -0.1) is 0 Å². The Bertz CT molecular complexity index is 702. The van der Waals surface area contributed by atoms with Crippen LogP contribution in [0.2, 0.25) is 0 Å². The molecule has 0 saturated heterocycles. The van der Waals surface area contributed by atoms with Crippen molar-refractivity contribution in [2.45, 2.75) is 11.4 Å². The van der Waals surface area contributed by atoms with Gasteiger partial charge in [-0.25, -0.2) is 13.6 Å². The lowest BCUT2D eigenvalue weighted by Crippen LogP contribution is -2.20. The maximum Gasteiger partial charge on any atom is 0.240 e. The molecule has 0 aliphatic heterocycles. The second kappa shape index (κ2) is 5.48. The Morgan fingerprint density at radius 3 is 2.45 bits per heavy atom. The largest absolute Gasteiger partial charge is 0.396 e. The van der Waals surface area contributed by atoms with E-state index in [-0.39, 0.29) is 10.6 Å². The lowest BCUT2D eigenvalue weighted by Gasteiger charge is -2.22. The highest BCUT2D eigenvalue weighted by atomic mass is 32.2. The molecule has 0 bridgehead atoms. The highest BCUT2D eigenvalue weighted by molar-refractivity contribution is 7.89. The number of nitrogen functional groups attached to an aromatic ring is 1. The summed E-state index contributed by atoms with van der Waals surface area (Å²) in [5, 5.41) is 5.14. The van der Waals surface area contributed by atoms with E-state index >= 15 is 0 Å². The van der Waals surface area contributed by atoms with E-state index in [0.717, 1.165) is 5.56 Å². The molecule has 106 valence electrons. The molecule has 0 fully saturated rings. The van der Waals surface area contributed by atoms with Crippen LogP contribution in [-0.2, 0) is 16.6 Å². The monoisotopic (exact) mass is 292 g/mol. The van der Waals surface area contributed by atoms with Crippen LogP contribution in [0.5, 0.6) is 0 Å². The minimum Gasteiger partial charge on any atom is -0.396 e. The van der Waals surface area contributed by atoms with Gasteiger partial charge in [0.15, 0.2) is 0 Å². The first-order chi connectivity index (χ1) is 9.39. The summed E-state index contributed by atoms with van der Waals surface area (Å²) < 4.78 is 22.9. The summed E-state index contributed by atoms with van der Waals surface area (Å²) in [7, 11) is -1.99. The van der Waals surface area contributed by atoms with E-state index in [9.17, 15) is 8.42 Å². The maximum atomic E-state index is 11.5. The predicted molar refractivity (Wildman–Crippen MR) is 78.6 cm³/mol. The van der Waals surface area contributed by atoms with Crippen molar-refractivity contribution in [3.63, 3.8) is 0 Å². The molecule has 0 radical (unpaired) electrons. The number of hydrogen-bond acceptors (Lipinski definition) is 5. The van der Waals surface area contributed by atoms with Gasteiger partial charge in [-0.2, -0.15) is 0 Å². The fourth-order valence-corrected chi connectivity index (χ4v) is 2.64. The van der Waals surface area contributed by atoms with E-state index in [1.165, 1.54) is 6.07 Å². The molecule has 0 unspecified atom stereocenters. The molecule has 0 saturated carbocycles. The van der Waals surface area contributed by atoms with Gasteiger partial charge in [0.25, 0.3) is 0 Å². The van der Waals surface area contributed by atoms with Gasteiger partial charge in [-0.1, -0.05) is 6.07 Å². The van der Waals surface area contributed by atoms with Gasteiger partial charge in [0.1, 0.15) is 4.90 Å². The van der Waals surface area contributed by atoms with E-state index < -0.39 is 10.0 Å². The van der Waals surface area contributed by atoms with Crippen LogP contribution in [0.4, 0.5) is 11.4 Å². The molecule has 2 rings (SSSR count). The molecule has 0 amide bonds. The molecular weight excluding hydrogens is 276 g/mol. The van der Waals surface area contributed by atoms with Gasteiger partial charge < -0.3 is 10.6 Å². The number of hydrogen-bond donors (Lipinski definition) is 2. The first-order valence-electron chi connectivity index (χ1n) is 5.91. The first-order valence-corrected chi connectivity index (χ1v) is 7.45. The zero-order valence-electron chi connectivity index (χ0n) is 11.0. The number of para-hydroxylation sites is 1. The van der Waals surface area contributed by atoms with Crippen molar-refractivity contribution in [1.29, 1.82) is 0 Å². The zero-order chi connectivity index (χ0) is 14.8. The van der Waals surface area contributed by atoms with Crippen molar-refractivity contribution in [2.24, 2.45) is 5.14 Å². The third-order valence-corrected chi connectivity index (χ3v) is 3.90. The number of pyridine rings is 1. The van der Waals surface area contributed by atoms with Gasteiger partial charge >= 0.3 is 0 Å². The Balaban J connectivity index is 2.34. The average molecular weight is 292 g/mol. The lowest BCUT2D eigenvalue weighted by atomic mass is 10.2. The molecule has 4 N–H and O–H groups in total. The smallest absolute Gasteiger partial charge is 0.240 e. The number of rotatable bonds is 4. The molecule has 1 aromatic heterocycles. The molecule has 1 heterocycles. The third-order valence-electron chi connectivity index (χ3n) is 2.93. The number of primary sulfonamides is 1. The summed E-state index contributed by atoms with van der Waals surface area (Å²) in [6, 6.07) is 8.54. The van der Waals surface area contributed by atoms with Crippen LogP contribution in [-0.4, -0.2) is 20.4 Å². The van der Waals surface area contributed by atoms with Crippen molar-refractivity contribution < 1.29 is 8.42 Å². The van der Waals surface area contributed by atoms with Crippen molar-refractivity contribution in [3.05, 3.63) is 48.3 Å². The van der Waals surface area contributed by atoms with E-state index in [4.69, 9.17) is 10.9 Å². The first kappa shape index (κ1) is 14.3. The Labute approximate surface area is 118 Å². The molecule has 0 atom stereocenters. The molecule has 6 nitrogen and oxygen atoms in total. The van der Waals surface area contributed by atoms with Crippen LogP contribution in [0, 0.1) is 0 Å². The number of nitrogens with two attached hydrogens (primary N) is 2. The molecule has 1 aromatic carbocycles. The SMILES string of the molecule is CN(Cc1ccncc1)c1cccc(S(N)(=O)=O)c1N. The van der Waals surface area contributed by atoms with Gasteiger partial charge in [0, 0.05) is 26.0 Å². The Kier molecular flexibility index (Phi) is 3.91. The molecular formula is C13H16N4O2S. The minimum absolute atomic E-state index is 0.0587. The summed E-state index contributed by atoms with van der Waals surface area (Å²) in [5.41, 5.74) is 7.73. The van der Waals surface area contributed by atoms with Crippen LogP contribution in [0.15, 0.2) is 47.6 Å². The second-order valence-corrected chi connectivity index (χ2v) is 5.98. The summed E-state index contributed by atoms with van der Waals surface area (Å²) in [4.78, 5) is 5.75. The van der Waals surface area contributed by atoms with Crippen LogP contribution in [0.25, 0.3) is 0 Å². The summed E-state index contributed by atoms with van der Waals surface area (Å²) in [5.74, 6) is 0. The van der Waals surface area contributed by atoms with E-state index in [2.05, 4.69) is 4.98 Å². The number of nitrogens with zero attached hydrogens (tertiary/aromatic N) is 2. The van der Waals surface area contributed by atoms with Crippen LogP contribution in [0.1, 0.15) is 5.56 Å². The average Bonchev–Trinajstić information content (AvgIpc) is 2.38. The predicted octanol–water partition coefficient (Wildman–Crippen LogP) is 0.948. The maximum absolute atomic E-state index is 11.5. The fourth-order valence-electron chi connectivity index (χ4n) is 1.96. The molecule has 7 heteroatoms. The van der Waals surface area contributed by atoms with Crippen LogP contribution in [0.3, 0.4) is 0 Å². The fraction of sp³-hybridized carbons (Fsp3) is 0.154. The minimum atomic E-state index is -3.82. The lowest BCUT2D eigenvalue weighted by molar-refractivity contribution is 0.598. The third kappa shape index (κ3) is 3.06. The molecule has 0 aliphatic carbocycles. The highest BCUT2D eigenvalue weighted by Crippen LogP contribution is 2.29. The summed E-state index contributed by atoms with van der Waals surface area (Å²) in [6.07, 6.45) is 3.40. The van der Waals surface area contributed by atoms with Gasteiger partial charge in [0.2, 0.25) is 10.0 Å².